The standard InChI is InChI=1S/C23H26ClN3O4/c1-30-16-8-9-17(21(14-16)31-2)19-5-3-12-27(19)23(29)25-15-7-10-20(18(24)13-15)26-11-4-6-22(26)28/h7-10,13-14,19H,3-6,11-12H2,1-2H3,(H,25,29)/t19-/m1/s1. The highest BCUT2D eigenvalue weighted by Crippen LogP contribution is 2.39. The average Bonchev–Trinajstić information content (AvgIpc) is 3.42. The van der Waals surface area contributed by atoms with Gasteiger partial charge >= 0.3 is 6.03 Å². The van der Waals surface area contributed by atoms with Gasteiger partial charge in [-0.2, -0.15) is 0 Å². The van der Waals surface area contributed by atoms with Crippen molar-refractivity contribution in [3.05, 3.63) is 47.0 Å². The highest BCUT2D eigenvalue weighted by Gasteiger charge is 2.32. The molecule has 0 aromatic heterocycles. The van der Waals surface area contributed by atoms with Gasteiger partial charge in [-0.15, -0.1) is 0 Å². The Kier molecular flexibility index (Phi) is 6.23. The topological polar surface area (TPSA) is 71.1 Å². The van der Waals surface area contributed by atoms with E-state index in [1.54, 1.807) is 37.3 Å². The Balaban J connectivity index is 1.50. The van der Waals surface area contributed by atoms with Crippen molar-refractivity contribution in [2.45, 2.75) is 31.7 Å². The minimum absolute atomic E-state index is 0.0760. The summed E-state index contributed by atoms with van der Waals surface area (Å²) in [6, 6.07) is 10.6. The summed E-state index contributed by atoms with van der Waals surface area (Å²) in [5.74, 6) is 1.49. The van der Waals surface area contributed by atoms with E-state index in [0.717, 1.165) is 24.8 Å². The van der Waals surface area contributed by atoms with Gasteiger partial charge in [0.25, 0.3) is 0 Å². The number of nitrogens with one attached hydrogen (secondary N) is 1. The molecular formula is C23H26ClN3O4. The molecule has 2 heterocycles. The molecule has 2 aromatic rings. The summed E-state index contributed by atoms with van der Waals surface area (Å²) in [7, 11) is 3.23. The summed E-state index contributed by atoms with van der Waals surface area (Å²) < 4.78 is 10.8. The van der Waals surface area contributed by atoms with Crippen molar-refractivity contribution in [3.8, 4) is 11.5 Å². The van der Waals surface area contributed by atoms with Crippen LogP contribution >= 0.6 is 11.6 Å². The summed E-state index contributed by atoms with van der Waals surface area (Å²) >= 11 is 6.42. The monoisotopic (exact) mass is 443 g/mol. The Morgan fingerprint density at radius 1 is 1.10 bits per heavy atom. The SMILES string of the molecule is COc1ccc([C@H]2CCCN2C(=O)Nc2ccc(N3CCCC3=O)c(Cl)c2)c(OC)c1. The van der Waals surface area contributed by atoms with Crippen LogP contribution in [0.1, 0.15) is 37.3 Å². The molecule has 2 fully saturated rings. The zero-order valence-electron chi connectivity index (χ0n) is 17.7. The molecule has 164 valence electrons. The largest absolute Gasteiger partial charge is 0.497 e. The van der Waals surface area contributed by atoms with Gasteiger partial charge in [-0.05, 0) is 49.6 Å². The van der Waals surface area contributed by atoms with Crippen molar-refractivity contribution in [3.63, 3.8) is 0 Å². The quantitative estimate of drug-likeness (QED) is 0.716. The van der Waals surface area contributed by atoms with E-state index < -0.39 is 0 Å². The number of nitrogens with zero attached hydrogens (tertiary/aromatic N) is 2. The lowest BCUT2D eigenvalue weighted by Gasteiger charge is -2.27. The number of hydrogen-bond donors (Lipinski definition) is 1. The lowest BCUT2D eigenvalue weighted by atomic mass is 10.0. The molecule has 2 aliphatic heterocycles. The molecule has 0 saturated carbocycles. The molecule has 0 unspecified atom stereocenters. The minimum Gasteiger partial charge on any atom is -0.497 e. The molecule has 0 aliphatic carbocycles. The fourth-order valence-corrected chi connectivity index (χ4v) is 4.61. The average molecular weight is 444 g/mol. The number of hydrogen-bond acceptors (Lipinski definition) is 4. The van der Waals surface area contributed by atoms with E-state index in [9.17, 15) is 9.59 Å². The van der Waals surface area contributed by atoms with Crippen molar-refractivity contribution in [1.29, 1.82) is 0 Å². The maximum atomic E-state index is 13.1. The second-order valence-electron chi connectivity index (χ2n) is 7.70. The molecule has 0 bridgehead atoms. The van der Waals surface area contributed by atoms with Crippen molar-refractivity contribution in [2.24, 2.45) is 0 Å². The molecule has 1 N–H and O–H groups in total. The molecule has 8 heteroatoms. The molecule has 2 aromatic carbocycles. The van der Waals surface area contributed by atoms with Crippen molar-refractivity contribution < 1.29 is 19.1 Å². The predicted molar refractivity (Wildman–Crippen MR) is 120 cm³/mol. The van der Waals surface area contributed by atoms with Gasteiger partial charge in [-0.25, -0.2) is 4.79 Å². The first-order valence-electron chi connectivity index (χ1n) is 10.4. The molecule has 2 saturated heterocycles. The zero-order valence-corrected chi connectivity index (χ0v) is 18.4. The third-order valence-electron chi connectivity index (χ3n) is 5.88. The van der Waals surface area contributed by atoms with E-state index in [1.165, 1.54) is 0 Å². The maximum Gasteiger partial charge on any atom is 0.322 e. The minimum atomic E-state index is -0.193. The van der Waals surface area contributed by atoms with Crippen LogP contribution in [0.4, 0.5) is 16.2 Å². The smallest absolute Gasteiger partial charge is 0.322 e. The number of likely N-dealkylation sites (tertiary alicyclic amines) is 1. The van der Waals surface area contributed by atoms with Crippen LogP contribution in [-0.2, 0) is 4.79 Å². The number of ether oxygens (including phenoxy) is 2. The number of anilines is 2. The Hall–Kier alpha value is -2.93. The van der Waals surface area contributed by atoms with Crippen LogP contribution in [0.15, 0.2) is 36.4 Å². The van der Waals surface area contributed by atoms with E-state index in [-0.39, 0.29) is 18.0 Å². The van der Waals surface area contributed by atoms with Gasteiger partial charge in [-0.1, -0.05) is 11.6 Å². The Labute approximate surface area is 186 Å². The van der Waals surface area contributed by atoms with E-state index in [0.29, 0.717) is 47.4 Å². The molecule has 1 atom stereocenters. The van der Waals surface area contributed by atoms with Crippen molar-refractivity contribution in [1.82, 2.24) is 4.90 Å². The van der Waals surface area contributed by atoms with E-state index in [1.807, 2.05) is 23.1 Å². The van der Waals surface area contributed by atoms with E-state index >= 15 is 0 Å². The number of carbonyl (C=O) groups is 2. The van der Waals surface area contributed by atoms with Crippen LogP contribution in [0.25, 0.3) is 0 Å². The van der Waals surface area contributed by atoms with Crippen LogP contribution in [0.5, 0.6) is 11.5 Å². The van der Waals surface area contributed by atoms with Crippen LogP contribution in [-0.4, -0.2) is 44.1 Å². The number of halogens is 1. The fraction of sp³-hybridized carbons (Fsp3) is 0.391. The summed E-state index contributed by atoms with van der Waals surface area (Å²) in [4.78, 5) is 28.6. The van der Waals surface area contributed by atoms with Gasteiger partial charge in [0, 0.05) is 36.8 Å². The predicted octanol–water partition coefficient (Wildman–Crippen LogP) is 4.85. The molecule has 31 heavy (non-hydrogen) atoms. The first-order chi connectivity index (χ1) is 15.0. The van der Waals surface area contributed by atoms with Gasteiger partial charge in [0.2, 0.25) is 5.91 Å². The molecular weight excluding hydrogens is 418 g/mol. The lowest BCUT2D eigenvalue weighted by molar-refractivity contribution is -0.117. The highest BCUT2D eigenvalue weighted by molar-refractivity contribution is 6.34. The number of amides is 3. The lowest BCUT2D eigenvalue weighted by Crippen LogP contribution is -2.34. The van der Waals surface area contributed by atoms with Crippen molar-refractivity contribution in [2.75, 3.05) is 37.5 Å². The van der Waals surface area contributed by atoms with Crippen LogP contribution < -0.4 is 19.7 Å². The van der Waals surface area contributed by atoms with Crippen LogP contribution in [0, 0.1) is 0 Å². The first-order valence-corrected chi connectivity index (χ1v) is 10.8. The van der Waals surface area contributed by atoms with Gasteiger partial charge in [0.15, 0.2) is 0 Å². The Bertz CT molecular complexity index is 997. The maximum absolute atomic E-state index is 13.1. The molecule has 0 radical (unpaired) electrons. The second kappa shape index (κ2) is 9.06. The van der Waals surface area contributed by atoms with Crippen molar-refractivity contribution >= 4 is 34.9 Å². The molecule has 7 nitrogen and oxygen atoms in total. The molecule has 2 aliphatic rings. The summed E-state index contributed by atoms with van der Waals surface area (Å²) in [5.41, 5.74) is 2.24. The number of carbonyl (C=O) groups excluding carboxylic acids is 2. The Morgan fingerprint density at radius 3 is 2.61 bits per heavy atom. The van der Waals surface area contributed by atoms with Gasteiger partial charge in [0.1, 0.15) is 11.5 Å². The normalized spacial score (nSPS) is 18.4. The molecule has 4 rings (SSSR count). The summed E-state index contributed by atoms with van der Waals surface area (Å²) in [6.07, 6.45) is 3.13. The summed E-state index contributed by atoms with van der Waals surface area (Å²) in [6.45, 7) is 1.32. The van der Waals surface area contributed by atoms with Gasteiger partial charge in [-0.3, -0.25) is 4.79 Å². The zero-order chi connectivity index (χ0) is 22.0. The third kappa shape index (κ3) is 4.28. The number of methoxy groups -OCH3 is 2. The number of rotatable bonds is 5. The number of benzene rings is 2. The second-order valence-corrected chi connectivity index (χ2v) is 8.11. The van der Waals surface area contributed by atoms with E-state index in [4.69, 9.17) is 21.1 Å². The van der Waals surface area contributed by atoms with Gasteiger partial charge in [0.05, 0.1) is 31.0 Å². The van der Waals surface area contributed by atoms with Crippen LogP contribution in [0.3, 0.4) is 0 Å². The fourth-order valence-electron chi connectivity index (χ4n) is 4.33. The first kappa shape index (κ1) is 21.3. The highest BCUT2D eigenvalue weighted by atomic mass is 35.5. The number of urea groups is 1. The Morgan fingerprint density at radius 2 is 1.94 bits per heavy atom. The third-order valence-corrected chi connectivity index (χ3v) is 6.18. The molecule has 0 spiro atoms. The van der Waals surface area contributed by atoms with Gasteiger partial charge < -0.3 is 24.6 Å². The summed E-state index contributed by atoms with van der Waals surface area (Å²) in [5, 5.41) is 3.39. The molecule has 3 amide bonds. The van der Waals surface area contributed by atoms with Crippen LogP contribution in [0.2, 0.25) is 5.02 Å². The van der Waals surface area contributed by atoms with E-state index in [2.05, 4.69) is 5.32 Å².